The maximum absolute atomic E-state index is 12.1. The van der Waals surface area contributed by atoms with Crippen molar-refractivity contribution in [1.82, 2.24) is 5.16 Å². The summed E-state index contributed by atoms with van der Waals surface area (Å²) in [5, 5.41) is 6.81. The molecule has 7 heteroatoms. The van der Waals surface area contributed by atoms with E-state index in [9.17, 15) is 9.59 Å². The molecule has 0 radical (unpaired) electrons. The van der Waals surface area contributed by atoms with Gasteiger partial charge in [-0.05, 0) is 33.3 Å². The van der Waals surface area contributed by atoms with Crippen molar-refractivity contribution in [3.05, 3.63) is 33.5 Å². The number of hydrogen-bond donors (Lipinski definition) is 1. The second kappa shape index (κ2) is 6.09. The highest BCUT2D eigenvalue weighted by molar-refractivity contribution is 7.16. The number of rotatable bonds is 4. The molecular weight excluding hydrogens is 292 g/mol. The Balaban J connectivity index is 2.29. The third kappa shape index (κ3) is 3.13. The molecule has 6 nitrogen and oxygen atoms in total. The minimum absolute atomic E-state index is 0.103. The van der Waals surface area contributed by atoms with Crippen LogP contribution in [-0.2, 0) is 4.74 Å². The molecule has 1 N–H and O–H groups in total. The molecule has 0 bridgehead atoms. The number of esters is 1. The maximum Gasteiger partial charge on any atom is 0.341 e. The predicted octanol–water partition coefficient (Wildman–Crippen LogP) is 3.09. The van der Waals surface area contributed by atoms with Gasteiger partial charge in [0.25, 0.3) is 5.91 Å². The monoisotopic (exact) mass is 308 g/mol. The first-order valence-corrected chi connectivity index (χ1v) is 7.27. The Bertz CT molecular complexity index is 687. The van der Waals surface area contributed by atoms with Crippen LogP contribution >= 0.6 is 11.3 Å². The third-order valence-electron chi connectivity index (χ3n) is 2.94. The van der Waals surface area contributed by atoms with Crippen LogP contribution in [0, 0.1) is 20.8 Å². The molecule has 2 heterocycles. The largest absolute Gasteiger partial charge is 0.462 e. The highest BCUT2D eigenvalue weighted by atomic mass is 32.1. The summed E-state index contributed by atoms with van der Waals surface area (Å²) < 4.78 is 9.94. The standard InChI is InChI=1S/C14H16N2O4S/c1-5-19-14(18)11-8(3)9(4)21-13(11)15-12(17)10-6-7(2)16-20-10/h6H,5H2,1-4H3,(H,15,17). The lowest BCUT2D eigenvalue weighted by Gasteiger charge is -2.05. The Kier molecular flexibility index (Phi) is 4.42. The average Bonchev–Trinajstić information content (AvgIpc) is 2.95. The summed E-state index contributed by atoms with van der Waals surface area (Å²) in [6.07, 6.45) is 0. The van der Waals surface area contributed by atoms with Crippen LogP contribution in [0.4, 0.5) is 5.00 Å². The number of carbonyl (C=O) groups excluding carboxylic acids is 2. The first kappa shape index (κ1) is 15.2. The van der Waals surface area contributed by atoms with E-state index in [1.165, 1.54) is 17.4 Å². The molecule has 0 saturated carbocycles. The molecule has 0 aliphatic rings. The van der Waals surface area contributed by atoms with Gasteiger partial charge in [0.05, 0.1) is 17.9 Å². The van der Waals surface area contributed by atoms with Crippen LogP contribution in [0.3, 0.4) is 0 Å². The van der Waals surface area contributed by atoms with E-state index in [1.54, 1.807) is 13.8 Å². The molecule has 0 fully saturated rings. The lowest BCUT2D eigenvalue weighted by atomic mass is 10.1. The zero-order valence-electron chi connectivity index (χ0n) is 12.3. The van der Waals surface area contributed by atoms with Crippen LogP contribution in [0.5, 0.6) is 0 Å². The zero-order chi connectivity index (χ0) is 15.6. The van der Waals surface area contributed by atoms with Crippen molar-refractivity contribution >= 4 is 28.2 Å². The van der Waals surface area contributed by atoms with Gasteiger partial charge in [-0.25, -0.2) is 4.79 Å². The van der Waals surface area contributed by atoms with Crippen LogP contribution in [0.25, 0.3) is 0 Å². The summed E-state index contributed by atoms with van der Waals surface area (Å²) in [6, 6.07) is 1.53. The van der Waals surface area contributed by atoms with Crippen molar-refractivity contribution in [3.8, 4) is 0 Å². The van der Waals surface area contributed by atoms with Gasteiger partial charge in [0, 0.05) is 10.9 Å². The van der Waals surface area contributed by atoms with E-state index in [2.05, 4.69) is 10.5 Å². The Morgan fingerprint density at radius 1 is 1.38 bits per heavy atom. The van der Waals surface area contributed by atoms with Gasteiger partial charge in [-0.2, -0.15) is 0 Å². The van der Waals surface area contributed by atoms with Crippen LogP contribution in [-0.4, -0.2) is 23.6 Å². The number of ether oxygens (including phenoxy) is 1. The highest BCUT2D eigenvalue weighted by Crippen LogP contribution is 2.33. The molecule has 2 aromatic heterocycles. The molecule has 1 amide bonds. The van der Waals surface area contributed by atoms with E-state index in [0.717, 1.165) is 10.4 Å². The summed E-state index contributed by atoms with van der Waals surface area (Å²) >= 11 is 1.33. The molecule has 0 spiro atoms. The number of thiophene rings is 1. The van der Waals surface area contributed by atoms with Crippen molar-refractivity contribution in [2.45, 2.75) is 27.7 Å². The van der Waals surface area contributed by atoms with Gasteiger partial charge in [0.15, 0.2) is 0 Å². The van der Waals surface area contributed by atoms with Gasteiger partial charge in [0.2, 0.25) is 5.76 Å². The summed E-state index contributed by atoms with van der Waals surface area (Å²) in [6.45, 7) is 7.46. The number of aryl methyl sites for hydroxylation is 2. The quantitative estimate of drug-likeness (QED) is 0.878. The Morgan fingerprint density at radius 2 is 2.10 bits per heavy atom. The van der Waals surface area contributed by atoms with Gasteiger partial charge in [-0.15, -0.1) is 11.3 Å². The third-order valence-corrected chi connectivity index (χ3v) is 4.07. The fourth-order valence-electron chi connectivity index (χ4n) is 1.80. The first-order valence-electron chi connectivity index (χ1n) is 6.45. The van der Waals surface area contributed by atoms with Gasteiger partial charge < -0.3 is 14.6 Å². The topological polar surface area (TPSA) is 81.4 Å². The molecule has 0 aliphatic carbocycles. The van der Waals surface area contributed by atoms with Crippen molar-refractivity contribution in [3.63, 3.8) is 0 Å². The number of nitrogens with one attached hydrogen (secondary N) is 1. The lowest BCUT2D eigenvalue weighted by Crippen LogP contribution is -2.14. The molecule has 0 unspecified atom stereocenters. The van der Waals surface area contributed by atoms with Crippen LogP contribution in [0.2, 0.25) is 0 Å². The van der Waals surface area contributed by atoms with E-state index < -0.39 is 11.9 Å². The zero-order valence-corrected chi connectivity index (χ0v) is 13.1. The van der Waals surface area contributed by atoms with Crippen LogP contribution in [0.15, 0.2) is 10.6 Å². The Labute approximate surface area is 126 Å². The number of hydrogen-bond acceptors (Lipinski definition) is 6. The molecule has 112 valence electrons. The van der Waals surface area contributed by atoms with Crippen molar-refractivity contribution in [2.75, 3.05) is 11.9 Å². The molecule has 0 aromatic carbocycles. The molecule has 0 atom stereocenters. The molecule has 2 aromatic rings. The summed E-state index contributed by atoms with van der Waals surface area (Å²) in [4.78, 5) is 25.1. The number of nitrogens with zero attached hydrogens (tertiary/aromatic N) is 1. The smallest absolute Gasteiger partial charge is 0.341 e. The SMILES string of the molecule is CCOC(=O)c1c(NC(=O)c2cc(C)no2)sc(C)c1C. The van der Waals surface area contributed by atoms with Gasteiger partial charge >= 0.3 is 5.97 Å². The van der Waals surface area contributed by atoms with Crippen LogP contribution < -0.4 is 5.32 Å². The van der Waals surface area contributed by atoms with E-state index in [1.807, 2.05) is 13.8 Å². The molecule has 2 rings (SSSR count). The molecule has 0 aliphatic heterocycles. The summed E-state index contributed by atoms with van der Waals surface area (Å²) in [5.74, 6) is -0.781. The van der Waals surface area contributed by atoms with Crippen molar-refractivity contribution < 1.29 is 18.8 Å². The highest BCUT2D eigenvalue weighted by Gasteiger charge is 2.23. The maximum atomic E-state index is 12.1. The van der Waals surface area contributed by atoms with E-state index in [4.69, 9.17) is 9.26 Å². The second-order valence-corrected chi connectivity index (χ2v) is 5.72. The Morgan fingerprint density at radius 3 is 2.67 bits per heavy atom. The first-order chi connectivity index (χ1) is 9.93. The van der Waals surface area contributed by atoms with Crippen LogP contribution in [0.1, 0.15) is 44.0 Å². The second-order valence-electron chi connectivity index (χ2n) is 4.49. The predicted molar refractivity (Wildman–Crippen MR) is 78.9 cm³/mol. The van der Waals surface area contributed by atoms with E-state index in [0.29, 0.717) is 16.3 Å². The van der Waals surface area contributed by atoms with Gasteiger partial charge in [-0.1, -0.05) is 5.16 Å². The van der Waals surface area contributed by atoms with Crippen molar-refractivity contribution in [2.24, 2.45) is 0 Å². The number of amides is 1. The summed E-state index contributed by atoms with van der Waals surface area (Å²) in [5.41, 5.74) is 1.82. The molecular formula is C14H16N2O4S. The number of anilines is 1. The Hall–Kier alpha value is -2.15. The van der Waals surface area contributed by atoms with Crippen molar-refractivity contribution in [1.29, 1.82) is 0 Å². The van der Waals surface area contributed by atoms with Gasteiger partial charge in [-0.3, -0.25) is 4.79 Å². The molecule has 0 saturated heterocycles. The minimum atomic E-state index is -0.442. The van der Waals surface area contributed by atoms with Gasteiger partial charge in [0.1, 0.15) is 5.00 Å². The summed E-state index contributed by atoms with van der Waals surface area (Å²) in [7, 11) is 0. The molecule has 21 heavy (non-hydrogen) atoms. The fraction of sp³-hybridized carbons (Fsp3) is 0.357. The lowest BCUT2D eigenvalue weighted by molar-refractivity contribution is 0.0527. The normalized spacial score (nSPS) is 10.5. The average molecular weight is 308 g/mol. The van der Waals surface area contributed by atoms with E-state index in [-0.39, 0.29) is 12.4 Å². The van der Waals surface area contributed by atoms with E-state index >= 15 is 0 Å². The number of aromatic nitrogens is 1. The fourth-order valence-corrected chi connectivity index (χ4v) is 2.84. The number of carbonyl (C=O) groups is 2. The minimum Gasteiger partial charge on any atom is -0.462 e.